The molecule has 9 rings (SSSR count). The Morgan fingerprint density at radius 2 is 0.500 bits per heavy atom. The van der Waals surface area contributed by atoms with Crippen molar-refractivity contribution in [2.45, 2.75) is 107 Å². The molecule has 9 heterocycles. The molecule has 0 fully saturated rings. The summed E-state index contributed by atoms with van der Waals surface area (Å²) in [7, 11) is 0. The van der Waals surface area contributed by atoms with Crippen molar-refractivity contribution in [2.24, 2.45) is 0 Å². The number of nitrogens with zero attached hydrogens (tertiary/aromatic N) is 6. The zero-order valence-corrected chi connectivity index (χ0v) is 38.6. The van der Waals surface area contributed by atoms with Crippen molar-refractivity contribution in [2.75, 3.05) is 0 Å². The average molecular weight is 843 g/mol. The lowest BCUT2D eigenvalue weighted by atomic mass is 9.90. The molecule has 7 aromatic heterocycles. The molecule has 0 saturated carbocycles. The summed E-state index contributed by atoms with van der Waals surface area (Å²) in [5.41, 5.74) is 27.4. The molecule has 322 valence electrons. The fourth-order valence-electron chi connectivity index (χ4n) is 10.7. The number of aromatic amines is 2. The minimum absolute atomic E-state index is 0.824. The van der Waals surface area contributed by atoms with Gasteiger partial charge in [-0.15, -0.1) is 0 Å². The van der Waals surface area contributed by atoms with Gasteiger partial charge in [-0.05, 0) is 167 Å². The predicted octanol–water partition coefficient (Wildman–Crippen LogP) is 14.3. The minimum Gasteiger partial charge on any atom is -0.354 e. The van der Waals surface area contributed by atoms with Crippen molar-refractivity contribution in [3.05, 3.63) is 143 Å². The van der Waals surface area contributed by atoms with Crippen LogP contribution in [0.2, 0.25) is 0 Å². The molecule has 2 aliphatic rings. The Hall–Kier alpha value is -6.80. The number of hydrogen-bond donors (Lipinski definition) is 2. The van der Waals surface area contributed by atoms with Crippen LogP contribution in [0.4, 0.5) is 0 Å². The van der Waals surface area contributed by atoms with Gasteiger partial charge in [-0.25, -0.2) is 9.97 Å². The zero-order valence-electron chi connectivity index (χ0n) is 38.6. The number of aryl methyl sites for hydroxylation is 4. The number of allylic oxidation sites excluding steroid dienone is 4. The van der Waals surface area contributed by atoms with Gasteiger partial charge in [0.25, 0.3) is 0 Å². The van der Waals surface area contributed by atoms with E-state index in [4.69, 9.17) is 9.97 Å². The summed E-state index contributed by atoms with van der Waals surface area (Å²) in [6, 6.07) is 17.1. The molecular weight excluding hydrogens is 785 g/mol. The number of rotatable bonds is 12. The Morgan fingerprint density at radius 1 is 0.297 bits per heavy atom. The van der Waals surface area contributed by atoms with E-state index in [9.17, 15) is 0 Å². The smallest absolute Gasteiger partial charge is 0.0772 e. The maximum absolute atomic E-state index is 5.95. The maximum Gasteiger partial charge on any atom is 0.0772 e. The summed E-state index contributed by atoms with van der Waals surface area (Å²) in [6.07, 6.45) is 21.9. The fourth-order valence-corrected chi connectivity index (χ4v) is 10.7. The van der Waals surface area contributed by atoms with Crippen LogP contribution in [0.1, 0.15) is 126 Å². The van der Waals surface area contributed by atoms with Gasteiger partial charge in [0, 0.05) is 71.8 Å². The molecular formula is C56H58N8. The number of hydrogen-bond acceptors (Lipinski definition) is 6. The Balaban J connectivity index is 1.70. The zero-order chi connectivity index (χ0) is 44.5. The van der Waals surface area contributed by atoms with E-state index in [0.29, 0.717) is 0 Å². The Kier molecular flexibility index (Phi) is 12.0. The van der Waals surface area contributed by atoms with E-state index >= 15 is 0 Å². The monoisotopic (exact) mass is 842 g/mol. The third-order valence-corrected chi connectivity index (χ3v) is 13.4. The Morgan fingerprint density at radius 3 is 0.672 bits per heavy atom. The van der Waals surface area contributed by atoms with Crippen LogP contribution in [-0.2, 0) is 25.7 Å². The van der Waals surface area contributed by atoms with Crippen molar-refractivity contribution in [3.8, 4) is 44.5 Å². The second kappa shape index (κ2) is 18.1. The standard InChI is InChI=1S/C56H58N8/c1-9-37-38(10-2)50-46(34-19-27-58-28-20-34)52-41(13-5)42(14-6)54(63-52)48(36-23-31-60-32-24-36)56-44(16-8)43(15-7)55(64-56)47(35-21-29-59-30-22-35)53-40(12-4)39(11-3)51(62-53)45(49(37)61-50)33-17-25-57-26-18-33/h17-32,61,64H,9-16H2,1-8H3. The maximum atomic E-state index is 5.95. The first-order valence-electron chi connectivity index (χ1n) is 23.4. The summed E-state index contributed by atoms with van der Waals surface area (Å²) in [4.78, 5) is 38.3. The van der Waals surface area contributed by atoms with Crippen molar-refractivity contribution in [1.29, 1.82) is 0 Å². The summed E-state index contributed by atoms with van der Waals surface area (Å²) in [5, 5.41) is 0. The van der Waals surface area contributed by atoms with Crippen molar-refractivity contribution >= 4 is 44.4 Å². The van der Waals surface area contributed by atoms with E-state index in [1.165, 1.54) is 44.5 Å². The van der Waals surface area contributed by atoms with Gasteiger partial charge in [-0.1, -0.05) is 55.4 Å². The SMILES string of the molecule is CCC1=C(CC)c2nc1c(-c1ccncc1)c1[nH]c(c(CC)c1CC)c(-c1ccncc1)c1nc(c(-c3ccncc3)c3[nH]c(c(CC)c3CC)c2-c2ccncc2)C(CC)=C1CC. The first kappa shape index (κ1) is 42.5. The average Bonchev–Trinajstić information content (AvgIpc) is 4.10. The summed E-state index contributed by atoms with van der Waals surface area (Å²) in [5.74, 6) is 0. The highest BCUT2D eigenvalue weighted by atomic mass is 14.8. The molecule has 0 aliphatic carbocycles. The first-order chi connectivity index (χ1) is 31.5. The van der Waals surface area contributed by atoms with Gasteiger partial charge < -0.3 is 9.97 Å². The highest BCUT2D eigenvalue weighted by Gasteiger charge is 2.31. The highest BCUT2D eigenvalue weighted by molar-refractivity contribution is 6.09. The van der Waals surface area contributed by atoms with Gasteiger partial charge in [-0.2, -0.15) is 0 Å². The van der Waals surface area contributed by atoms with Gasteiger partial charge in [0.2, 0.25) is 0 Å². The molecule has 8 bridgehead atoms. The van der Waals surface area contributed by atoms with Crippen LogP contribution in [0.5, 0.6) is 0 Å². The molecule has 2 N–H and O–H groups in total. The van der Waals surface area contributed by atoms with E-state index in [0.717, 1.165) is 141 Å². The van der Waals surface area contributed by atoms with Crippen LogP contribution >= 0.6 is 0 Å². The molecule has 64 heavy (non-hydrogen) atoms. The third kappa shape index (κ3) is 6.91. The number of nitrogens with one attached hydrogen (secondary N) is 2. The lowest BCUT2D eigenvalue weighted by molar-refractivity contribution is 1.07. The normalized spacial score (nSPS) is 12.8. The largest absolute Gasteiger partial charge is 0.354 e. The number of aromatic nitrogens is 8. The Bertz CT molecular complexity index is 2690. The topological polar surface area (TPSA) is 109 Å². The van der Waals surface area contributed by atoms with Gasteiger partial charge in [0.15, 0.2) is 0 Å². The van der Waals surface area contributed by atoms with Crippen molar-refractivity contribution in [3.63, 3.8) is 0 Å². The predicted molar refractivity (Wildman–Crippen MR) is 266 cm³/mol. The molecule has 0 amide bonds. The van der Waals surface area contributed by atoms with Crippen molar-refractivity contribution in [1.82, 2.24) is 39.9 Å². The molecule has 0 atom stereocenters. The summed E-state index contributed by atoms with van der Waals surface area (Å²) in [6.45, 7) is 18.3. The van der Waals surface area contributed by atoms with E-state index in [-0.39, 0.29) is 0 Å². The van der Waals surface area contributed by atoms with Gasteiger partial charge in [0.1, 0.15) is 0 Å². The molecule has 8 nitrogen and oxygen atoms in total. The lowest BCUT2D eigenvalue weighted by Crippen LogP contribution is -1.94. The van der Waals surface area contributed by atoms with Gasteiger partial charge in [0.05, 0.1) is 44.8 Å². The van der Waals surface area contributed by atoms with E-state index in [1.54, 1.807) is 0 Å². The molecule has 0 spiro atoms. The van der Waals surface area contributed by atoms with Crippen LogP contribution in [0.3, 0.4) is 0 Å². The second-order valence-electron chi connectivity index (χ2n) is 16.5. The van der Waals surface area contributed by atoms with Crippen LogP contribution in [0.15, 0.2) is 98.1 Å². The van der Waals surface area contributed by atoms with Crippen molar-refractivity contribution < 1.29 is 0 Å². The van der Waals surface area contributed by atoms with Gasteiger partial charge in [-0.3, -0.25) is 19.9 Å². The van der Waals surface area contributed by atoms with E-state index in [1.807, 2.05) is 49.6 Å². The molecule has 2 aliphatic heterocycles. The number of H-pyrrole nitrogens is 2. The molecule has 7 aromatic rings. The quantitative estimate of drug-likeness (QED) is 0.127. The van der Waals surface area contributed by atoms with E-state index < -0.39 is 0 Å². The number of fused-ring (bicyclic) bond motifs is 8. The lowest BCUT2D eigenvalue weighted by Gasteiger charge is -2.11. The Labute approximate surface area is 377 Å². The third-order valence-electron chi connectivity index (χ3n) is 13.4. The van der Waals surface area contributed by atoms with Crippen LogP contribution in [0, 0.1) is 0 Å². The van der Waals surface area contributed by atoms with Crippen LogP contribution < -0.4 is 0 Å². The number of pyridine rings is 4. The second-order valence-corrected chi connectivity index (χ2v) is 16.5. The first-order valence-corrected chi connectivity index (χ1v) is 23.4. The van der Waals surface area contributed by atoms with Crippen LogP contribution in [0.25, 0.3) is 88.9 Å². The minimum atomic E-state index is 0.824. The fraction of sp³-hybridized carbons (Fsp3) is 0.286. The van der Waals surface area contributed by atoms with E-state index in [2.05, 4.69) is 134 Å². The molecule has 0 radical (unpaired) electrons. The molecule has 0 saturated heterocycles. The summed E-state index contributed by atoms with van der Waals surface area (Å²) >= 11 is 0. The molecule has 0 unspecified atom stereocenters. The van der Waals surface area contributed by atoms with Gasteiger partial charge >= 0.3 is 0 Å². The summed E-state index contributed by atoms with van der Waals surface area (Å²) < 4.78 is 0. The van der Waals surface area contributed by atoms with Crippen LogP contribution in [-0.4, -0.2) is 39.9 Å². The highest BCUT2D eigenvalue weighted by Crippen LogP contribution is 2.49. The molecule has 0 aromatic carbocycles. The molecule has 8 heteroatoms.